The molecule has 1 fully saturated rings. The quantitative estimate of drug-likeness (QED) is 0.855. The lowest BCUT2D eigenvalue weighted by molar-refractivity contribution is 0.0633. The van der Waals surface area contributed by atoms with Gasteiger partial charge in [0.1, 0.15) is 0 Å². The monoisotopic (exact) mass is 294 g/mol. The van der Waals surface area contributed by atoms with Crippen LogP contribution in [0.1, 0.15) is 11.1 Å². The number of piperazine rings is 1. The third kappa shape index (κ3) is 3.76. The fourth-order valence-electron chi connectivity index (χ4n) is 3.45. The Balaban J connectivity index is 1.61. The molecule has 3 rings (SSSR count). The normalized spacial score (nSPS) is 23.5. The second kappa shape index (κ2) is 7.08. The van der Waals surface area contributed by atoms with Crippen LogP contribution in [-0.4, -0.2) is 49.1 Å². The summed E-state index contributed by atoms with van der Waals surface area (Å²) >= 11 is 0. The van der Waals surface area contributed by atoms with Gasteiger partial charge in [0.25, 0.3) is 0 Å². The average molecular weight is 294 g/mol. The van der Waals surface area contributed by atoms with E-state index in [1.165, 1.54) is 11.1 Å². The summed E-state index contributed by atoms with van der Waals surface area (Å²) in [4.78, 5) is 5.08. The molecular formula is C20H26N2. The maximum absolute atomic E-state index is 2.54. The minimum absolute atomic E-state index is 0.611. The Kier molecular flexibility index (Phi) is 4.91. The first-order valence-electron chi connectivity index (χ1n) is 8.20. The lowest BCUT2D eigenvalue weighted by Crippen LogP contribution is -2.56. The zero-order valence-corrected chi connectivity index (χ0v) is 13.7. The topological polar surface area (TPSA) is 6.48 Å². The van der Waals surface area contributed by atoms with Gasteiger partial charge in [-0.2, -0.15) is 0 Å². The molecule has 2 aromatic carbocycles. The molecule has 0 N–H and O–H groups in total. The smallest absolute Gasteiger partial charge is 0.0261 e. The van der Waals surface area contributed by atoms with Crippen molar-refractivity contribution >= 4 is 0 Å². The first-order valence-corrected chi connectivity index (χ1v) is 8.20. The van der Waals surface area contributed by atoms with Gasteiger partial charge in [0.05, 0.1) is 0 Å². The molecule has 2 atom stereocenters. The van der Waals surface area contributed by atoms with E-state index in [1.54, 1.807) is 0 Å². The summed E-state index contributed by atoms with van der Waals surface area (Å²) in [5.41, 5.74) is 2.88. The Morgan fingerprint density at radius 3 is 1.41 bits per heavy atom. The summed E-state index contributed by atoms with van der Waals surface area (Å²) in [6.45, 7) is 2.28. The van der Waals surface area contributed by atoms with Gasteiger partial charge in [-0.1, -0.05) is 60.7 Å². The molecule has 116 valence electrons. The minimum atomic E-state index is 0.611. The van der Waals surface area contributed by atoms with Crippen molar-refractivity contribution in [3.8, 4) is 0 Å². The van der Waals surface area contributed by atoms with Crippen molar-refractivity contribution in [3.63, 3.8) is 0 Å². The summed E-state index contributed by atoms with van der Waals surface area (Å²) in [6.07, 6.45) is 2.28. The van der Waals surface area contributed by atoms with Gasteiger partial charge >= 0.3 is 0 Å². The zero-order chi connectivity index (χ0) is 15.4. The van der Waals surface area contributed by atoms with E-state index >= 15 is 0 Å². The fraction of sp³-hybridized carbons (Fsp3) is 0.400. The zero-order valence-electron chi connectivity index (χ0n) is 13.7. The van der Waals surface area contributed by atoms with Crippen LogP contribution in [0.25, 0.3) is 0 Å². The highest BCUT2D eigenvalue weighted by Gasteiger charge is 2.29. The third-order valence-electron chi connectivity index (χ3n) is 4.87. The van der Waals surface area contributed by atoms with Crippen LogP contribution in [0.15, 0.2) is 60.7 Å². The highest BCUT2D eigenvalue weighted by Crippen LogP contribution is 2.19. The predicted octanol–water partition coefficient (Wildman–Crippen LogP) is 3.09. The summed E-state index contributed by atoms with van der Waals surface area (Å²) < 4.78 is 0. The van der Waals surface area contributed by atoms with Crippen LogP contribution < -0.4 is 0 Å². The van der Waals surface area contributed by atoms with Crippen molar-refractivity contribution < 1.29 is 0 Å². The number of nitrogens with zero attached hydrogens (tertiary/aromatic N) is 2. The first kappa shape index (κ1) is 15.3. The van der Waals surface area contributed by atoms with Gasteiger partial charge in [0.2, 0.25) is 0 Å². The molecule has 2 heteroatoms. The molecule has 1 heterocycles. The van der Waals surface area contributed by atoms with E-state index in [9.17, 15) is 0 Å². The standard InChI is InChI=1S/C20H26N2/c1-21-15-20(14-18-11-7-4-8-12-18)22(2)16-19(21)13-17-9-5-3-6-10-17/h3-12,19-20H,13-16H2,1-2H3/t19-,20-/m0/s1. The summed E-state index contributed by atoms with van der Waals surface area (Å²) in [6, 6.07) is 22.9. The molecule has 1 aliphatic rings. The number of rotatable bonds is 4. The van der Waals surface area contributed by atoms with Crippen LogP contribution in [0.5, 0.6) is 0 Å². The summed E-state index contributed by atoms with van der Waals surface area (Å²) in [5.74, 6) is 0. The number of benzene rings is 2. The van der Waals surface area contributed by atoms with Crippen molar-refractivity contribution in [1.82, 2.24) is 9.80 Å². The molecule has 2 aromatic rings. The Labute approximate surface area is 134 Å². The molecular weight excluding hydrogens is 268 g/mol. The highest BCUT2D eigenvalue weighted by atomic mass is 15.3. The molecule has 0 radical (unpaired) electrons. The Bertz CT molecular complexity index is 513. The molecule has 1 aliphatic heterocycles. The van der Waals surface area contributed by atoms with Gasteiger partial charge in [0, 0.05) is 25.2 Å². The average Bonchev–Trinajstić information content (AvgIpc) is 2.54. The molecule has 0 aliphatic carbocycles. The van der Waals surface area contributed by atoms with E-state index in [1.807, 2.05) is 0 Å². The fourth-order valence-corrected chi connectivity index (χ4v) is 3.45. The summed E-state index contributed by atoms with van der Waals surface area (Å²) in [7, 11) is 4.55. The van der Waals surface area contributed by atoms with E-state index in [-0.39, 0.29) is 0 Å². The SMILES string of the molecule is CN1C[C@H](Cc2ccccc2)N(C)C[C@@H]1Cc1ccccc1. The van der Waals surface area contributed by atoms with Gasteiger partial charge < -0.3 is 9.80 Å². The maximum atomic E-state index is 2.54. The molecule has 0 bridgehead atoms. The maximum Gasteiger partial charge on any atom is 0.0261 e. The lowest BCUT2D eigenvalue weighted by Gasteiger charge is -2.43. The van der Waals surface area contributed by atoms with E-state index < -0.39 is 0 Å². The van der Waals surface area contributed by atoms with E-state index in [2.05, 4.69) is 84.6 Å². The van der Waals surface area contributed by atoms with Crippen LogP contribution >= 0.6 is 0 Å². The van der Waals surface area contributed by atoms with Gasteiger partial charge in [-0.25, -0.2) is 0 Å². The lowest BCUT2D eigenvalue weighted by atomic mass is 9.97. The molecule has 22 heavy (non-hydrogen) atoms. The molecule has 0 unspecified atom stereocenters. The molecule has 0 saturated carbocycles. The van der Waals surface area contributed by atoms with Crippen LogP contribution in [-0.2, 0) is 12.8 Å². The Morgan fingerprint density at radius 2 is 1.05 bits per heavy atom. The number of likely N-dealkylation sites (N-methyl/N-ethyl adjacent to an activating group) is 2. The van der Waals surface area contributed by atoms with Gasteiger partial charge in [-0.05, 0) is 38.1 Å². The molecule has 0 amide bonds. The third-order valence-corrected chi connectivity index (χ3v) is 4.87. The first-order chi connectivity index (χ1) is 10.7. The second-order valence-electron chi connectivity index (χ2n) is 6.57. The van der Waals surface area contributed by atoms with Gasteiger partial charge in [0.15, 0.2) is 0 Å². The summed E-state index contributed by atoms with van der Waals surface area (Å²) in [5, 5.41) is 0. The minimum Gasteiger partial charge on any atom is -0.300 e. The van der Waals surface area contributed by atoms with Crippen molar-refractivity contribution in [3.05, 3.63) is 71.8 Å². The molecule has 0 aromatic heterocycles. The highest BCUT2D eigenvalue weighted by molar-refractivity contribution is 5.18. The van der Waals surface area contributed by atoms with Crippen molar-refractivity contribution in [1.29, 1.82) is 0 Å². The van der Waals surface area contributed by atoms with Crippen LogP contribution in [0.3, 0.4) is 0 Å². The Hall–Kier alpha value is -1.64. The van der Waals surface area contributed by atoms with Crippen molar-refractivity contribution in [2.24, 2.45) is 0 Å². The van der Waals surface area contributed by atoms with Crippen molar-refractivity contribution in [2.45, 2.75) is 24.9 Å². The molecule has 2 nitrogen and oxygen atoms in total. The number of hydrogen-bond acceptors (Lipinski definition) is 2. The largest absolute Gasteiger partial charge is 0.300 e. The van der Waals surface area contributed by atoms with Crippen LogP contribution in [0, 0.1) is 0 Å². The van der Waals surface area contributed by atoms with E-state index in [0.717, 1.165) is 25.9 Å². The second-order valence-corrected chi connectivity index (χ2v) is 6.57. The Morgan fingerprint density at radius 1 is 0.682 bits per heavy atom. The van der Waals surface area contributed by atoms with Gasteiger partial charge in [-0.3, -0.25) is 0 Å². The van der Waals surface area contributed by atoms with E-state index in [0.29, 0.717) is 12.1 Å². The van der Waals surface area contributed by atoms with Crippen molar-refractivity contribution in [2.75, 3.05) is 27.2 Å². The number of hydrogen-bond donors (Lipinski definition) is 0. The van der Waals surface area contributed by atoms with Crippen LogP contribution in [0.4, 0.5) is 0 Å². The predicted molar refractivity (Wildman–Crippen MR) is 93.1 cm³/mol. The van der Waals surface area contributed by atoms with Crippen LogP contribution in [0.2, 0.25) is 0 Å². The van der Waals surface area contributed by atoms with E-state index in [4.69, 9.17) is 0 Å². The molecule has 0 spiro atoms. The molecule has 1 saturated heterocycles. The van der Waals surface area contributed by atoms with Gasteiger partial charge in [-0.15, -0.1) is 0 Å².